The predicted octanol–water partition coefficient (Wildman–Crippen LogP) is 2.96. The van der Waals surface area contributed by atoms with Crippen LogP contribution in [0, 0.1) is 11.3 Å². The maximum atomic E-state index is 12.4. The SMILES string of the molecule is CCOC(=O)C1(C(C)=O)CC2=C(c3ccccc3)C(=O)CC2C1. The van der Waals surface area contributed by atoms with E-state index in [0.29, 0.717) is 24.8 Å². The first kappa shape index (κ1) is 15.7. The molecule has 0 spiro atoms. The molecule has 0 N–H and O–H groups in total. The fourth-order valence-electron chi connectivity index (χ4n) is 3.87. The lowest BCUT2D eigenvalue weighted by Crippen LogP contribution is -2.37. The molecule has 2 unspecified atom stereocenters. The first-order valence-corrected chi connectivity index (χ1v) is 7.99. The second kappa shape index (κ2) is 5.76. The van der Waals surface area contributed by atoms with Crippen LogP contribution in [0.2, 0.25) is 0 Å². The van der Waals surface area contributed by atoms with Gasteiger partial charge in [-0.3, -0.25) is 14.4 Å². The van der Waals surface area contributed by atoms with Crippen LogP contribution in [-0.4, -0.2) is 24.1 Å². The van der Waals surface area contributed by atoms with Crippen LogP contribution < -0.4 is 0 Å². The van der Waals surface area contributed by atoms with Crippen molar-refractivity contribution in [3.05, 3.63) is 41.5 Å². The average molecular weight is 312 g/mol. The Kier molecular flexibility index (Phi) is 3.92. The topological polar surface area (TPSA) is 60.4 Å². The molecule has 2 atom stereocenters. The average Bonchev–Trinajstić information content (AvgIpc) is 3.02. The normalized spacial score (nSPS) is 26.3. The Balaban J connectivity index is 2.05. The van der Waals surface area contributed by atoms with Gasteiger partial charge in [0.05, 0.1) is 6.61 Å². The van der Waals surface area contributed by atoms with E-state index in [0.717, 1.165) is 11.1 Å². The molecule has 0 aliphatic heterocycles. The Morgan fingerprint density at radius 2 is 1.96 bits per heavy atom. The number of hydrogen-bond acceptors (Lipinski definition) is 4. The van der Waals surface area contributed by atoms with Gasteiger partial charge in [0, 0.05) is 12.0 Å². The molecular weight excluding hydrogens is 292 g/mol. The number of rotatable bonds is 4. The third-order valence-electron chi connectivity index (χ3n) is 5.01. The minimum absolute atomic E-state index is 0.0222. The number of carbonyl (C=O) groups excluding carboxylic acids is 3. The largest absolute Gasteiger partial charge is 0.465 e. The summed E-state index contributed by atoms with van der Waals surface area (Å²) in [7, 11) is 0. The molecule has 4 nitrogen and oxygen atoms in total. The van der Waals surface area contributed by atoms with E-state index in [1.165, 1.54) is 6.92 Å². The van der Waals surface area contributed by atoms with Crippen molar-refractivity contribution in [3.8, 4) is 0 Å². The summed E-state index contributed by atoms with van der Waals surface area (Å²) in [6.07, 6.45) is 1.08. The molecule has 0 amide bonds. The molecule has 2 aliphatic carbocycles. The number of benzene rings is 1. The highest BCUT2D eigenvalue weighted by atomic mass is 16.5. The summed E-state index contributed by atoms with van der Waals surface area (Å²) in [4.78, 5) is 37.1. The molecule has 0 aromatic heterocycles. The van der Waals surface area contributed by atoms with Crippen molar-refractivity contribution in [1.29, 1.82) is 0 Å². The Bertz CT molecular complexity index is 701. The monoisotopic (exact) mass is 312 g/mol. The number of ketones is 2. The lowest BCUT2D eigenvalue weighted by molar-refractivity contribution is -0.159. The van der Waals surface area contributed by atoms with Crippen LogP contribution in [0.1, 0.15) is 38.7 Å². The van der Waals surface area contributed by atoms with Crippen molar-refractivity contribution < 1.29 is 19.1 Å². The molecule has 4 heteroatoms. The number of hydrogen-bond donors (Lipinski definition) is 0. The number of Topliss-reactive ketones (excluding diaryl/α,β-unsaturated/α-hetero) is 2. The van der Waals surface area contributed by atoms with Crippen LogP contribution in [-0.2, 0) is 19.1 Å². The van der Waals surface area contributed by atoms with Crippen LogP contribution >= 0.6 is 0 Å². The van der Waals surface area contributed by atoms with Gasteiger partial charge in [0.15, 0.2) is 5.78 Å². The number of esters is 1. The van der Waals surface area contributed by atoms with Crippen molar-refractivity contribution in [2.45, 2.75) is 33.1 Å². The minimum atomic E-state index is -1.11. The number of ether oxygens (including phenoxy) is 1. The first-order chi connectivity index (χ1) is 11.0. The summed E-state index contributed by atoms with van der Waals surface area (Å²) >= 11 is 0. The van der Waals surface area contributed by atoms with Gasteiger partial charge in [-0.15, -0.1) is 0 Å². The maximum Gasteiger partial charge on any atom is 0.319 e. The van der Waals surface area contributed by atoms with E-state index in [1.54, 1.807) is 6.92 Å². The third kappa shape index (κ3) is 2.42. The Morgan fingerprint density at radius 1 is 1.26 bits per heavy atom. The quantitative estimate of drug-likeness (QED) is 0.633. The third-order valence-corrected chi connectivity index (χ3v) is 5.01. The highest BCUT2D eigenvalue weighted by Crippen LogP contribution is 2.54. The van der Waals surface area contributed by atoms with Gasteiger partial charge in [-0.05, 0) is 38.2 Å². The zero-order chi connectivity index (χ0) is 16.6. The van der Waals surface area contributed by atoms with Gasteiger partial charge in [0.1, 0.15) is 11.2 Å². The fraction of sp³-hybridized carbons (Fsp3) is 0.421. The van der Waals surface area contributed by atoms with Crippen LogP contribution in [0.25, 0.3) is 5.57 Å². The van der Waals surface area contributed by atoms with E-state index >= 15 is 0 Å². The molecule has 0 radical (unpaired) electrons. The van der Waals surface area contributed by atoms with Crippen molar-refractivity contribution in [3.63, 3.8) is 0 Å². The zero-order valence-corrected chi connectivity index (χ0v) is 13.4. The number of carbonyl (C=O) groups is 3. The summed E-state index contributed by atoms with van der Waals surface area (Å²) < 4.78 is 5.16. The van der Waals surface area contributed by atoms with E-state index in [-0.39, 0.29) is 24.1 Å². The van der Waals surface area contributed by atoms with Crippen molar-refractivity contribution >= 4 is 23.1 Å². The smallest absolute Gasteiger partial charge is 0.319 e. The van der Waals surface area contributed by atoms with Gasteiger partial charge in [-0.25, -0.2) is 0 Å². The van der Waals surface area contributed by atoms with Gasteiger partial charge in [-0.2, -0.15) is 0 Å². The maximum absolute atomic E-state index is 12.4. The molecule has 120 valence electrons. The highest BCUT2D eigenvalue weighted by Gasteiger charge is 2.55. The second-order valence-electron chi connectivity index (χ2n) is 6.33. The van der Waals surface area contributed by atoms with E-state index in [9.17, 15) is 14.4 Å². The summed E-state index contributed by atoms with van der Waals surface area (Å²) in [6.45, 7) is 3.43. The molecule has 23 heavy (non-hydrogen) atoms. The van der Waals surface area contributed by atoms with Gasteiger partial charge < -0.3 is 4.74 Å². The molecule has 2 aliphatic rings. The lowest BCUT2D eigenvalue weighted by atomic mass is 9.80. The van der Waals surface area contributed by atoms with Crippen LogP contribution in [0.3, 0.4) is 0 Å². The molecular formula is C19H20O4. The molecule has 0 heterocycles. The number of fused-ring (bicyclic) bond motifs is 1. The van der Waals surface area contributed by atoms with Gasteiger partial charge >= 0.3 is 5.97 Å². The van der Waals surface area contributed by atoms with Crippen LogP contribution in [0.15, 0.2) is 35.9 Å². The zero-order valence-electron chi connectivity index (χ0n) is 13.4. The minimum Gasteiger partial charge on any atom is -0.465 e. The van der Waals surface area contributed by atoms with Crippen LogP contribution in [0.4, 0.5) is 0 Å². The lowest BCUT2D eigenvalue weighted by Gasteiger charge is -2.24. The summed E-state index contributed by atoms with van der Waals surface area (Å²) in [5, 5.41) is 0. The van der Waals surface area contributed by atoms with Gasteiger partial charge in [0.2, 0.25) is 0 Å². The Hall–Kier alpha value is -2.23. The molecule has 1 saturated carbocycles. The predicted molar refractivity (Wildman–Crippen MR) is 85.5 cm³/mol. The summed E-state index contributed by atoms with van der Waals surface area (Å²) in [5.41, 5.74) is 1.40. The van der Waals surface area contributed by atoms with Crippen LogP contribution in [0.5, 0.6) is 0 Å². The molecule has 1 aromatic carbocycles. The molecule has 1 fully saturated rings. The Labute approximate surface area is 135 Å². The molecule has 0 bridgehead atoms. The first-order valence-electron chi connectivity index (χ1n) is 7.99. The van der Waals surface area contributed by atoms with Gasteiger partial charge in [-0.1, -0.05) is 35.9 Å². The fourth-order valence-corrected chi connectivity index (χ4v) is 3.87. The van der Waals surface area contributed by atoms with E-state index in [4.69, 9.17) is 4.74 Å². The second-order valence-corrected chi connectivity index (χ2v) is 6.33. The van der Waals surface area contributed by atoms with Gasteiger partial charge in [0.25, 0.3) is 0 Å². The van der Waals surface area contributed by atoms with Crippen molar-refractivity contribution in [1.82, 2.24) is 0 Å². The summed E-state index contributed by atoms with van der Waals surface area (Å²) in [6, 6.07) is 9.49. The van der Waals surface area contributed by atoms with E-state index in [1.807, 2.05) is 30.3 Å². The molecule has 0 saturated heterocycles. The van der Waals surface area contributed by atoms with E-state index < -0.39 is 11.4 Å². The van der Waals surface area contributed by atoms with E-state index in [2.05, 4.69) is 0 Å². The number of allylic oxidation sites excluding steroid dienone is 2. The van der Waals surface area contributed by atoms with Crippen molar-refractivity contribution in [2.24, 2.45) is 11.3 Å². The molecule has 1 aromatic rings. The molecule has 3 rings (SSSR count). The van der Waals surface area contributed by atoms with Crippen molar-refractivity contribution in [2.75, 3.05) is 6.61 Å². The standard InChI is InChI=1S/C19H20O4/c1-3-23-18(22)19(12(2)20)10-14-9-16(21)17(15(14)11-19)13-7-5-4-6-8-13/h4-8,14H,3,9-11H2,1-2H3. The highest BCUT2D eigenvalue weighted by molar-refractivity contribution is 6.24. The Morgan fingerprint density at radius 3 is 2.57 bits per heavy atom. The summed E-state index contributed by atoms with van der Waals surface area (Å²) in [5.74, 6) is -0.532.